The third-order valence-corrected chi connectivity index (χ3v) is 4.04. The van der Waals surface area contributed by atoms with Gasteiger partial charge < -0.3 is 9.84 Å². The maximum atomic E-state index is 10.6. The molecule has 0 aromatic rings. The monoisotopic (exact) mass is 239 g/mol. The Morgan fingerprint density at radius 2 is 1.76 bits per heavy atom. The summed E-state index contributed by atoms with van der Waals surface area (Å²) >= 11 is 0. The summed E-state index contributed by atoms with van der Waals surface area (Å²) in [6.45, 7) is 4.51. The van der Waals surface area contributed by atoms with E-state index in [2.05, 4.69) is 6.07 Å². The van der Waals surface area contributed by atoms with E-state index in [1.165, 1.54) is 19.3 Å². The fourth-order valence-corrected chi connectivity index (χ4v) is 2.72. The molecular weight excluding hydrogens is 214 g/mol. The molecule has 1 N–H and O–H groups in total. The minimum absolute atomic E-state index is 0.261. The number of rotatable bonds is 4. The lowest BCUT2D eigenvalue weighted by Crippen LogP contribution is -2.49. The van der Waals surface area contributed by atoms with Crippen molar-refractivity contribution >= 4 is 0 Å². The second-order valence-electron chi connectivity index (χ2n) is 5.37. The van der Waals surface area contributed by atoms with Crippen LogP contribution in [0.25, 0.3) is 0 Å². The van der Waals surface area contributed by atoms with Crippen molar-refractivity contribution in [1.82, 2.24) is 0 Å². The summed E-state index contributed by atoms with van der Waals surface area (Å²) in [5.41, 5.74) is -1.66. The molecule has 3 heteroatoms. The van der Waals surface area contributed by atoms with Gasteiger partial charge in [-0.1, -0.05) is 32.1 Å². The first-order chi connectivity index (χ1) is 8.08. The van der Waals surface area contributed by atoms with E-state index in [1.54, 1.807) is 6.92 Å². The van der Waals surface area contributed by atoms with Gasteiger partial charge in [0.1, 0.15) is 5.60 Å². The predicted octanol–water partition coefficient (Wildman–Crippen LogP) is 3.03. The standard InChI is InChI=1S/C14H25NO2/c1-3-17-12-13(2,16)14(11-15)9-7-5-4-6-8-10-14/h16H,3-10,12H2,1-2H3. The van der Waals surface area contributed by atoms with Crippen molar-refractivity contribution in [3.05, 3.63) is 0 Å². The summed E-state index contributed by atoms with van der Waals surface area (Å²) in [7, 11) is 0. The molecule has 0 saturated heterocycles. The number of hydrogen-bond acceptors (Lipinski definition) is 3. The fraction of sp³-hybridized carbons (Fsp3) is 0.929. The van der Waals surface area contributed by atoms with Crippen molar-refractivity contribution in [2.45, 2.75) is 64.4 Å². The van der Waals surface area contributed by atoms with Crippen LogP contribution in [0.1, 0.15) is 58.8 Å². The molecule has 1 unspecified atom stereocenters. The average molecular weight is 239 g/mol. The molecule has 1 saturated carbocycles. The van der Waals surface area contributed by atoms with Crippen LogP contribution < -0.4 is 0 Å². The highest BCUT2D eigenvalue weighted by molar-refractivity contribution is 5.10. The lowest BCUT2D eigenvalue weighted by atomic mass is 9.66. The smallest absolute Gasteiger partial charge is 0.104 e. The zero-order valence-corrected chi connectivity index (χ0v) is 11.2. The summed E-state index contributed by atoms with van der Waals surface area (Å²) in [4.78, 5) is 0. The van der Waals surface area contributed by atoms with Gasteiger partial charge in [0, 0.05) is 6.61 Å². The molecule has 0 bridgehead atoms. The topological polar surface area (TPSA) is 53.2 Å². The Labute approximate surface area is 105 Å². The summed E-state index contributed by atoms with van der Waals surface area (Å²) in [6, 6.07) is 2.40. The zero-order chi connectivity index (χ0) is 12.8. The molecule has 17 heavy (non-hydrogen) atoms. The number of hydrogen-bond donors (Lipinski definition) is 1. The number of nitriles is 1. The molecule has 0 radical (unpaired) electrons. The van der Waals surface area contributed by atoms with Gasteiger partial charge in [0.2, 0.25) is 0 Å². The maximum Gasteiger partial charge on any atom is 0.104 e. The van der Waals surface area contributed by atoms with E-state index >= 15 is 0 Å². The normalized spacial score (nSPS) is 24.1. The van der Waals surface area contributed by atoms with Crippen LogP contribution in [-0.4, -0.2) is 23.9 Å². The second-order valence-corrected chi connectivity index (χ2v) is 5.37. The molecule has 1 aliphatic carbocycles. The molecule has 1 rings (SSSR count). The summed E-state index contributed by atoms with van der Waals surface area (Å²) in [5.74, 6) is 0. The largest absolute Gasteiger partial charge is 0.386 e. The van der Waals surface area contributed by atoms with Crippen molar-refractivity contribution < 1.29 is 9.84 Å². The van der Waals surface area contributed by atoms with E-state index in [-0.39, 0.29) is 6.61 Å². The van der Waals surface area contributed by atoms with E-state index in [9.17, 15) is 10.4 Å². The fourth-order valence-electron chi connectivity index (χ4n) is 2.72. The van der Waals surface area contributed by atoms with Gasteiger partial charge in [-0.3, -0.25) is 0 Å². The van der Waals surface area contributed by atoms with Crippen LogP contribution in [0.2, 0.25) is 0 Å². The van der Waals surface area contributed by atoms with Crippen LogP contribution in [0.3, 0.4) is 0 Å². The Bertz CT molecular complexity index is 260. The lowest BCUT2D eigenvalue weighted by molar-refractivity contribution is -0.105. The molecule has 0 amide bonds. The van der Waals surface area contributed by atoms with Crippen molar-refractivity contribution in [3.63, 3.8) is 0 Å². The van der Waals surface area contributed by atoms with Crippen molar-refractivity contribution in [2.24, 2.45) is 5.41 Å². The third kappa shape index (κ3) is 3.43. The van der Waals surface area contributed by atoms with E-state index in [0.29, 0.717) is 6.61 Å². The number of ether oxygens (including phenoxy) is 1. The summed E-state index contributed by atoms with van der Waals surface area (Å²) in [5, 5.41) is 20.1. The molecular formula is C14H25NO2. The van der Waals surface area contributed by atoms with Gasteiger partial charge in [0.05, 0.1) is 18.1 Å². The van der Waals surface area contributed by atoms with Gasteiger partial charge in [0.25, 0.3) is 0 Å². The lowest BCUT2D eigenvalue weighted by Gasteiger charge is -2.41. The van der Waals surface area contributed by atoms with Crippen molar-refractivity contribution in [2.75, 3.05) is 13.2 Å². The first-order valence-corrected chi connectivity index (χ1v) is 6.79. The van der Waals surface area contributed by atoms with E-state index < -0.39 is 11.0 Å². The molecule has 0 aliphatic heterocycles. The molecule has 0 aromatic heterocycles. The van der Waals surface area contributed by atoms with Gasteiger partial charge >= 0.3 is 0 Å². The Morgan fingerprint density at radius 3 is 2.24 bits per heavy atom. The SMILES string of the molecule is CCOCC(C)(O)C1(C#N)CCCCCCC1. The molecule has 3 nitrogen and oxygen atoms in total. The zero-order valence-electron chi connectivity index (χ0n) is 11.2. The highest BCUT2D eigenvalue weighted by Crippen LogP contribution is 2.42. The first kappa shape index (κ1) is 14.5. The average Bonchev–Trinajstić information content (AvgIpc) is 2.26. The quantitative estimate of drug-likeness (QED) is 0.820. The Hall–Kier alpha value is -0.590. The Morgan fingerprint density at radius 1 is 1.24 bits per heavy atom. The van der Waals surface area contributed by atoms with Crippen LogP contribution in [0.15, 0.2) is 0 Å². The Kier molecular flexibility index (Phi) is 5.42. The molecule has 0 aromatic carbocycles. The Balaban J connectivity index is 2.79. The molecule has 1 atom stereocenters. The first-order valence-electron chi connectivity index (χ1n) is 6.79. The van der Waals surface area contributed by atoms with E-state index in [1.807, 2.05) is 6.92 Å². The van der Waals surface area contributed by atoms with Crippen LogP contribution in [0.5, 0.6) is 0 Å². The third-order valence-electron chi connectivity index (χ3n) is 4.04. The molecule has 0 spiro atoms. The van der Waals surface area contributed by atoms with Crippen LogP contribution >= 0.6 is 0 Å². The molecule has 1 aliphatic rings. The van der Waals surface area contributed by atoms with Crippen molar-refractivity contribution in [3.8, 4) is 6.07 Å². The number of aliphatic hydroxyl groups is 1. The summed E-state index contributed by atoms with van der Waals surface area (Å²) < 4.78 is 5.35. The molecule has 98 valence electrons. The molecule has 1 fully saturated rings. The highest BCUT2D eigenvalue weighted by atomic mass is 16.5. The van der Waals surface area contributed by atoms with Gasteiger partial charge in [-0.2, -0.15) is 5.26 Å². The second kappa shape index (κ2) is 6.37. The van der Waals surface area contributed by atoms with Crippen LogP contribution in [0.4, 0.5) is 0 Å². The minimum Gasteiger partial charge on any atom is -0.386 e. The minimum atomic E-state index is -1.03. The van der Waals surface area contributed by atoms with E-state index in [0.717, 1.165) is 25.7 Å². The van der Waals surface area contributed by atoms with Gasteiger partial charge in [-0.05, 0) is 26.7 Å². The van der Waals surface area contributed by atoms with Crippen LogP contribution in [-0.2, 0) is 4.74 Å². The number of nitrogens with zero attached hydrogens (tertiary/aromatic N) is 1. The van der Waals surface area contributed by atoms with Gasteiger partial charge in [0.15, 0.2) is 0 Å². The van der Waals surface area contributed by atoms with Gasteiger partial charge in [-0.15, -0.1) is 0 Å². The van der Waals surface area contributed by atoms with E-state index in [4.69, 9.17) is 4.74 Å². The van der Waals surface area contributed by atoms with Crippen molar-refractivity contribution in [1.29, 1.82) is 5.26 Å². The summed E-state index contributed by atoms with van der Waals surface area (Å²) in [6.07, 6.45) is 7.27. The maximum absolute atomic E-state index is 10.6. The highest BCUT2D eigenvalue weighted by Gasteiger charge is 2.47. The van der Waals surface area contributed by atoms with Gasteiger partial charge in [-0.25, -0.2) is 0 Å². The van der Waals surface area contributed by atoms with Crippen LogP contribution in [0, 0.1) is 16.7 Å². The predicted molar refractivity (Wildman–Crippen MR) is 67.5 cm³/mol. The molecule has 0 heterocycles.